The van der Waals surface area contributed by atoms with Crippen molar-refractivity contribution in [3.63, 3.8) is 0 Å². The molecule has 0 amide bonds. The summed E-state index contributed by atoms with van der Waals surface area (Å²) in [7, 11) is -3.36. The summed E-state index contributed by atoms with van der Waals surface area (Å²) in [5, 5.41) is 14.8. The minimum absolute atomic E-state index is 0.382. The molecule has 0 radical (unpaired) electrons. The van der Waals surface area contributed by atoms with Crippen LogP contribution < -0.4 is 0 Å². The van der Waals surface area contributed by atoms with Gasteiger partial charge in [-0.05, 0) is 30.2 Å². The van der Waals surface area contributed by atoms with Gasteiger partial charge in [-0.15, -0.1) is 0 Å². The average molecular weight is 420 g/mol. The molecule has 0 bridgehead atoms. The summed E-state index contributed by atoms with van der Waals surface area (Å²) in [5.74, 6) is -3.65. The van der Waals surface area contributed by atoms with Crippen molar-refractivity contribution in [2.75, 3.05) is 26.2 Å². The lowest BCUT2D eigenvalue weighted by atomic mass is 10.1. The smallest absolute Gasteiger partial charge is 0.414 e. The Bertz CT molecular complexity index is 926. The SMILES string of the molecule is Cc1ccccc1CN1CCN(S(=O)(=O)c2ccccc2)CC1.O=C(O)C(=O)O. The molecule has 1 aliphatic rings. The summed E-state index contributed by atoms with van der Waals surface area (Å²) in [6.45, 7) is 5.62. The first-order chi connectivity index (χ1) is 13.7. The van der Waals surface area contributed by atoms with Crippen molar-refractivity contribution in [2.24, 2.45) is 0 Å². The van der Waals surface area contributed by atoms with Crippen LogP contribution in [-0.4, -0.2) is 66.0 Å². The van der Waals surface area contributed by atoms with Gasteiger partial charge in [-0.1, -0.05) is 42.5 Å². The Labute approximate surface area is 170 Å². The van der Waals surface area contributed by atoms with Crippen LogP contribution in [0.2, 0.25) is 0 Å². The van der Waals surface area contributed by atoms with E-state index < -0.39 is 22.0 Å². The number of hydrogen-bond donors (Lipinski definition) is 2. The van der Waals surface area contributed by atoms with E-state index >= 15 is 0 Å². The molecule has 0 atom stereocenters. The van der Waals surface area contributed by atoms with Crippen molar-refractivity contribution in [2.45, 2.75) is 18.4 Å². The van der Waals surface area contributed by atoms with Crippen LogP contribution in [0.3, 0.4) is 0 Å². The minimum Gasteiger partial charge on any atom is -0.473 e. The number of nitrogens with zero attached hydrogens (tertiary/aromatic N) is 2. The van der Waals surface area contributed by atoms with E-state index in [0.717, 1.165) is 19.6 Å². The summed E-state index contributed by atoms with van der Waals surface area (Å²) in [6, 6.07) is 17.0. The first-order valence-electron chi connectivity index (χ1n) is 9.00. The Balaban J connectivity index is 0.000000438. The maximum Gasteiger partial charge on any atom is 0.414 e. The van der Waals surface area contributed by atoms with Gasteiger partial charge in [0.25, 0.3) is 0 Å². The highest BCUT2D eigenvalue weighted by molar-refractivity contribution is 7.89. The molecule has 3 rings (SSSR count). The summed E-state index contributed by atoms with van der Waals surface area (Å²) < 4.78 is 26.8. The second kappa shape index (κ2) is 10.1. The molecule has 1 fully saturated rings. The van der Waals surface area contributed by atoms with Gasteiger partial charge in [0.05, 0.1) is 4.90 Å². The van der Waals surface area contributed by atoms with Crippen molar-refractivity contribution in [3.05, 3.63) is 65.7 Å². The van der Waals surface area contributed by atoms with Crippen LogP contribution in [-0.2, 0) is 26.2 Å². The third-order valence-corrected chi connectivity index (χ3v) is 6.46. The van der Waals surface area contributed by atoms with E-state index in [1.165, 1.54) is 11.1 Å². The molecule has 9 heteroatoms. The van der Waals surface area contributed by atoms with Gasteiger partial charge >= 0.3 is 11.9 Å². The van der Waals surface area contributed by atoms with Crippen LogP contribution in [0.1, 0.15) is 11.1 Å². The van der Waals surface area contributed by atoms with Gasteiger partial charge < -0.3 is 10.2 Å². The molecular weight excluding hydrogens is 396 g/mol. The highest BCUT2D eigenvalue weighted by Crippen LogP contribution is 2.18. The fourth-order valence-corrected chi connectivity index (χ4v) is 4.34. The number of hydrogen-bond acceptors (Lipinski definition) is 5. The predicted octanol–water partition coefficient (Wildman–Crippen LogP) is 1.66. The zero-order chi connectivity index (χ0) is 21.4. The van der Waals surface area contributed by atoms with E-state index in [4.69, 9.17) is 19.8 Å². The Morgan fingerprint density at radius 2 is 1.38 bits per heavy atom. The maximum absolute atomic E-state index is 12.6. The zero-order valence-corrected chi connectivity index (χ0v) is 16.9. The lowest BCUT2D eigenvalue weighted by Gasteiger charge is -2.34. The molecule has 1 saturated heterocycles. The van der Waals surface area contributed by atoms with E-state index in [0.29, 0.717) is 18.0 Å². The van der Waals surface area contributed by atoms with E-state index in [-0.39, 0.29) is 0 Å². The standard InChI is InChI=1S/C18H22N2O2S.C2H2O4/c1-16-7-5-6-8-17(16)15-19-11-13-20(14-12-19)23(21,22)18-9-3-2-4-10-18;3-1(4)2(5)6/h2-10H,11-15H2,1H3;(H,3,4)(H,5,6). The number of aryl methyl sites for hydroxylation is 1. The molecule has 0 spiro atoms. The van der Waals surface area contributed by atoms with Gasteiger partial charge in [0.2, 0.25) is 10.0 Å². The molecule has 1 heterocycles. The Morgan fingerprint density at radius 3 is 1.90 bits per heavy atom. The molecular formula is C20H24N2O6S. The molecule has 2 aromatic rings. The van der Waals surface area contributed by atoms with Crippen LogP contribution in [0, 0.1) is 6.92 Å². The third-order valence-electron chi connectivity index (χ3n) is 4.55. The highest BCUT2D eigenvalue weighted by atomic mass is 32.2. The largest absolute Gasteiger partial charge is 0.473 e. The molecule has 2 aromatic carbocycles. The average Bonchev–Trinajstić information content (AvgIpc) is 2.71. The number of carboxylic acid groups (broad SMARTS) is 2. The van der Waals surface area contributed by atoms with Crippen LogP contribution >= 0.6 is 0 Å². The van der Waals surface area contributed by atoms with Gasteiger partial charge in [-0.2, -0.15) is 4.31 Å². The first kappa shape index (κ1) is 22.5. The minimum atomic E-state index is -3.36. The van der Waals surface area contributed by atoms with E-state index in [9.17, 15) is 8.42 Å². The summed E-state index contributed by atoms with van der Waals surface area (Å²) >= 11 is 0. The van der Waals surface area contributed by atoms with Gasteiger partial charge in [-0.25, -0.2) is 18.0 Å². The van der Waals surface area contributed by atoms with Crippen LogP contribution in [0.5, 0.6) is 0 Å². The van der Waals surface area contributed by atoms with Crippen LogP contribution in [0.4, 0.5) is 0 Å². The Morgan fingerprint density at radius 1 is 0.862 bits per heavy atom. The fraction of sp³-hybridized carbons (Fsp3) is 0.300. The number of carbonyl (C=O) groups is 2. The number of piperazine rings is 1. The van der Waals surface area contributed by atoms with Crippen molar-refractivity contribution >= 4 is 22.0 Å². The summed E-state index contributed by atoms with van der Waals surface area (Å²) in [6.07, 6.45) is 0. The Kier molecular flexibility index (Phi) is 7.89. The van der Waals surface area contributed by atoms with Gasteiger partial charge in [0.1, 0.15) is 0 Å². The van der Waals surface area contributed by atoms with Crippen molar-refractivity contribution in [3.8, 4) is 0 Å². The van der Waals surface area contributed by atoms with E-state index in [1.807, 2.05) is 12.1 Å². The van der Waals surface area contributed by atoms with E-state index in [1.54, 1.807) is 28.6 Å². The topological polar surface area (TPSA) is 115 Å². The number of benzene rings is 2. The molecule has 1 aliphatic heterocycles. The van der Waals surface area contributed by atoms with Crippen molar-refractivity contribution in [1.82, 2.24) is 9.21 Å². The predicted molar refractivity (Wildman–Crippen MR) is 107 cm³/mol. The van der Waals surface area contributed by atoms with Gasteiger partial charge in [-0.3, -0.25) is 4.90 Å². The molecule has 8 nitrogen and oxygen atoms in total. The van der Waals surface area contributed by atoms with Crippen molar-refractivity contribution < 1.29 is 28.2 Å². The molecule has 0 aromatic heterocycles. The second-order valence-corrected chi connectivity index (χ2v) is 8.47. The highest BCUT2D eigenvalue weighted by Gasteiger charge is 2.28. The molecule has 2 N–H and O–H groups in total. The number of aliphatic carboxylic acids is 2. The lowest BCUT2D eigenvalue weighted by Crippen LogP contribution is -2.48. The maximum atomic E-state index is 12.6. The third kappa shape index (κ3) is 6.38. The molecule has 29 heavy (non-hydrogen) atoms. The van der Waals surface area contributed by atoms with Gasteiger partial charge in [0.15, 0.2) is 0 Å². The molecule has 0 unspecified atom stereocenters. The summed E-state index contributed by atoms with van der Waals surface area (Å²) in [5.41, 5.74) is 2.60. The number of rotatable bonds is 4. The number of carboxylic acids is 2. The number of sulfonamides is 1. The molecule has 0 saturated carbocycles. The fourth-order valence-electron chi connectivity index (χ4n) is 2.90. The van der Waals surface area contributed by atoms with Crippen LogP contribution in [0.15, 0.2) is 59.5 Å². The summed E-state index contributed by atoms with van der Waals surface area (Å²) in [4.78, 5) is 20.9. The molecule has 0 aliphatic carbocycles. The van der Waals surface area contributed by atoms with Crippen molar-refractivity contribution in [1.29, 1.82) is 0 Å². The monoisotopic (exact) mass is 420 g/mol. The lowest BCUT2D eigenvalue weighted by molar-refractivity contribution is -0.159. The first-order valence-corrected chi connectivity index (χ1v) is 10.4. The van der Waals surface area contributed by atoms with E-state index in [2.05, 4.69) is 30.0 Å². The quantitative estimate of drug-likeness (QED) is 0.723. The van der Waals surface area contributed by atoms with Gasteiger partial charge in [0, 0.05) is 32.7 Å². The second-order valence-electron chi connectivity index (χ2n) is 6.53. The van der Waals surface area contributed by atoms with Crippen LogP contribution in [0.25, 0.3) is 0 Å². The zero-order valence-electron chi connectivity index (χ0n) is 16.1. The molecule has 156 valence electrons. The Hall–Kier alpha value is -2.75. The normalized spacial score (nSPS) is 15.2.